The van der Waals surface area contributed by atoms with Crippen LogP contribution < -0.4 is 27.4 Å². The van der Waals surface area contributed by atoms with Gasteiger partial charge in [-0.15, -0.1) is 0 Å². The Hall–Kier alpha value is -4.47. The van der Waals surface area contributed by atoms with Gasteiger partial charge in [0.2, 0.25) is 5.91 Å². The maximum atomic E-state index is 12.9. The molecule has 0 saturated carbocycles. The summed E-state index contributed by atoms with van der Waals surface area (Å²) in [7, 11) is 1.41. The summed E-state index contributed by atoms with van der Waals surface area (Å²) >= 11 is 0. The van der Waals surface area contributed by atoms with Gasteiger partial charge in [-0.2, -0.15) is 0 Å². The van der Waals surface area contributed by atoms with Crippen molar-refractivity contribution >= 4 is 28.3 Å². The van der Waals surface area contributed by atoms with E-state index in [9.17, 15) is 19.2 Å². The summed E-state index contributed by atoms with van der Waals surface area (Å²) in [6.45, 7) is 2.08. The minimum atomic E-state index is -0.761. The van der Waals surface area contributed by atoms with Crippen molar-refractivity contribution in [3.05, 3.63) is 97.2 Å². The molecule has 0 unspecified atom stereocenters. The number of fused-ring (bicyclic) bond motifs is 1. The summed E-state index contributed by atoms with van der Waals surface area (Å²) in [5.74, 6) is -0.563. The zero-order valence-corrected chi connectivity index (χ0v) is 18.8. The van der Waals surface area contributed by atoms with Crippen LogP contribution >= 0.6 is 0 Å². The summed E-state index contributed by atoms with van der Waals surface area (Å²) < 4.78 is 2.56. The Morgan fingerprint density at radius 3 is 2.56 bits per heavy atom. The van der Waals surface area contributed by atoms with Crippen molar-refractivity contribution in [3.63, 3.8) is 0 Å². The number of carbonyl (C=O) groups is 1. The largest absolute Gasteiger partial charge is 0.383 e. The lowest BCUT2D eigenvalue weighted by molar-refractivity contribution is -0.118. The maximum absolute atomic E-state index is 12.9. The number of nitrogens with two attached hydrogens (primary N) is 1. The third-order valence-corrected chi connectivity index (χ3v) is 5.73. The van der Waals surface area contributed by atoms with Crippen LogP contribution in [0.5, 0.6) is 0 Å². The van der Waals surface area contributed by atoms with Crippen molar-refractivity contribution in [2.45, 2.75) is 26.4 Å². The van der Waals surface area contributed by atoms with E-state index < -0.39 is 17.2 Å². The van der Waals surface area contributed by atoms with Gasteiger partial charge in [-0.3, -0.25) is 28.5 Å². The van der Waals surface area contributed by atoms with Crippen molar-refractivity contribution < 1.29 is 4.79 Å². The van der Waals surface area contributed by atoms with Gasteiger partial charge in [-0.25, -0.2) is 9.78 Å². The molecular formula is C24H24N6O4. The lowest BCUT2D eigenvalue weighted by Crippen LogP contribution is -2.39. The molecule has 3 N–H and O–H groups in total. The highest BCUT2D eigenvalue weighted by Crippen LogP contribution is 2.17. The lowest BCUT2D eigenvalue weighted by atomic mass is 10.1. The van der Waals surface area contributed by atoms with E-state index in [0.29, 0.717) is 10.9 Å². The van der Waals surface area contributed by atoms with Crippen LogP contribution in [-0.2, 0) is 17.9 Å². The molecule has 0 aliphatic heterocycles. The molecule has 2 heterocycles. The van der Waals surface area contributed by atoms with Crippen molar-refractivity contribution in [2.75, 3.05) is 17.7 Å². The molecule has 1 amide bonds. The van der Waals surface area contributed by atoms with Gasteiger partial charge < -0.3 is 10.6 Å². The van der Waals surface area contributed by atoms with Crippen LogP contribution in [0, 0.1) is 6.92 Å². The predicted molar refractivity (Wildman–Crippen MR) is 130 cm³/mol. The molecule has 2 aromatic heterocycles. The third kappa shape index (κ3) is 4.25. The van der Waals surface area contributed by atoms with Gasteiger partial charge in [0.1, 0.15) is 5.82 Å². The van der Waals surface area contributed by atoms with Crippen LogP contribution in [0.15, 0.2) is 69.2 Å². The monoisotopic (exact) mass is 460 g/mol. The van der Waals surface area contributed by atoms with E-state index in [2.05, 4.69) is 9.97 Å². The van der Waals surface area contributed by atoms with Gasteiger partial charge in [0.15, 0.2) is 5.69 Å². The molecule has 4 aromatic rings. The molecular weight excluding hydrogens is 436 g/mol. The van der Waals surface area contributed by atoms with E-state index in [1.54, 1.807) is 12.1 Å². The summed E-state index contributed by atoms with van der Waals surface area (Å²) in [6.07, 6.45) is 1.33. The lowest BCUT2D eigenvalue weighted by Gasteiger charge is -2.20. The Morgan fingerprint density at radius 1 is 1.09 bits per heavy atom. The standard InChI is InChI=1S/C24H24N6O4/c1-15-7-6-10-17-19(15)26-14-29(23(17)33)12-11-18(31)28(2)20-21(25)30(24(34)27-22(20)32)13-16-8-4-3-5-9-16/h3-10,14H,11-13,25H2,1-2H3,(H,27,32,34). The van der Waals surface area contributed by atoms with Crippen LogP contribution in [0.25, 0.3) is 10.9 Å². The number of nitrogen functional groups attached to an aromatic ring is 1. The van der Waals surface area contributed by atoms with Gasteiger partial charge in [-0.1, -0.05) is 42.5 Å². The van der Waals surface area contributed by atoms with E-state index in [1.165, 1.54) is 22.5 Å². The number of nitrogens with one attached hydrogen (secondary N) is 1. The first kappa shape index (κ1) is 22.7. The Bertz CT molecular complexity index is 1550. The fourth-order valence-electron chi connectivity index (χ4n) is 3.83. The van der Waals surface area contributed by atoms with E-state index in [-0.39, 0.29) is 36.6 Å². The van der Waals surface area contributed by atoms with Crippen LogP contribution in [0.2, 0.25) is 0 Å². The quantitative estimate of drug-likeness (QED) is 0.444. The molecule has 2 aromatic carbocycles. The number of benzene rings is 2. The molecule has 0 bridgehead atoms. The molecule has 0 aliphatic carbocycles. The number of nitrogens with zero attached hydrogens (tertiary/aromatic N) is 4. The highest BCUT2D eigenvalue weighted by molar-refractivity contribution is 5.95. The number of aryl methyl sites for hydroxylation is 2. The van der Waals surface area contributed by atoms with Crippen LogP contribution in [-0.4, -0.2) is 32.1 Å². The summed E-state index contributed by atoms with van der Waals surface area (Å²) in [6, 6.07) is 14.5. The molecule has 4 rings (SSSR count). The van der Waals surface area contributed by atoms with Crippen molar-refractivity contribution in [1.82, 2.24) is 19.1 Å². The number of para-hydroxylation sites is 1. The van der Waals surface area contributed by atoms with Crippen molar-refractivity contribution in [2.24, 2.45) is 0 Å². The molecule has 10 heteroatoms. The van der Waals surface area contributed by atoms with Gasteiger partial charge in [-0.05, 0) is 24.1 Å². The number of H-pyrrole nitrogens is 1. The number of hydrogen-bond donors (Lipinski definition) is 2. The maximum Gasteiger partial charge on any atom is 0.330 e. The van der Waals surface area contributed by atoms with Gasteiger partial charge in [0.05, 0.1) is 23.8 Å². The van der Waals surface area contributed by atoms with Crippen molar-refractivity contribution in [3.8, 4) is 0 Å². The smallest absolute Gasteiger partial charge is 0.330 e. The van der Waals surface area contributed by atoms with Crippen LogP contribution in [0.3, 0.4) is 0 Å². The van der Waals surface area contributed by atoms with E-state index in [1.807, 2.05) is 43.3 Å². The van der Waals surface area contributed by atoms with Gasteiger partial charge in [0.25, 0.3) is 11.1 Å². The minimum absolute atomic E-state index is 0.0698. The summed E-state index contributed by atoms with van der Waals surface area (Å²) in [5.41, 5.74) is 6.67. The first-order chi connectivity index (χ1) is 16.3. The molecule has 34 heavy (non-hydrogen) atoms. The number of amides is 1. The predicted octanol–water partition coefficient (Wildman–Crippen LogP) is 1.24. The van der Waals surface area contributed by atoms with Crippen molar-refractivity contribution in [1.29, 1.82) is 0 Å². The Morgan fingerprint density at radius 2 is 1.82 bits per heavy atom. The first-order valence-corrected chi connectivity index (χ1v) is 10.7. The molecule has 10 nitrogen and oxygen atoms in total. The normalized spacial score (nSPS) is 11.0. The molecule has 0 saturated heterocycles. The third-order valence-electron chi connectivity index (χ3n) is 5.73. The molecule has 0 fully saturated rings. The second-order valence-electron chi connectivity index (χ2n) is 7.98. The van der Waals surface area contributed by atoms with Gasteiger partial charge in [0, 0.05) is 20.0 Å². The topological polar surface area (TPSA) is 136 Å². The molecule has 0 atom stereocenters. The van der Waals surface area contributed by atoms with Crippen LogP contribution in [0.1, 0.15) is 17.5 Å². The zero-order valence-electron chi connectivity index (χ0n) is 18.8. The average molecular weight is 460 g/mol. The number of aromatic amines is 1. The number of carbonyl (C=O) groups excluding carboxylic acids is 1. The Labute approximate surface area is 193 Å². The molecule has 0 aliphatic rings. The first-order valence-electron chi connectivity index (χ1n) is 10.7. The summed E-state index contributed by atoms with van der Waals surface area (Å²) in [5, 5.41) is 0.469. The Kier molecular flexibility index (Phi) is 6.13. The Balaban J connectivity index is 1.58. The number of hydrogen-bond acceptors (Lipinski definition) is 6. The number of anilines is 2. The van der Waals surface area contributed by atoms with E-state index in [4.69, 9.17) is 5.73 Å². The fraction of sp³-hybridized carbons (Fsp3) is 0.208. The van der Waals surface area contributed by atoms with Gasteiger partial charge >= 0.3 is 5.69 Å². The fourth-order valence-corrected chi connectivity index (χ4v) is 3.83. The van der Waals surface area contributed by atoms with E-state index in [0.717, 1.165) is 16.0 Å². The van der Waals surface area contributed by atoms with Crippen LogP contribution in [0.4, 0.5) is 11.5 Å². The number of rotatable bonds is 6. The molecule has 0 radical (unpaired) electrons. The SMILES string of the molecule is Cc1cccc2c(=O)n(CCC(=O)N(C)c3c(N)n(Cc4ccccc4)c(=O)[nH]c3=O)cnc12. The number of aromatic nitrogens is 4. The average Bonchev–Trinajstić information content (AvgIpc) is 2.82. The zero-order chi connectivity index (χ0) is 24.4. The molecule has 174 valence electrons. The second kappa shape index (κ2) is 9.18. The minimum Gasteiger partial charge on any atom is -0.383 e. The molecule has 0 spiro atoms. The highest BCUT2D eigenvalue weighted by atomic mass is 16.2. The second-order valence-corrected chi connectivity index (χ2v) is 7.98. The van der Waals surface area contributed by atoms with E-state index >= 15 is 0 Å². The summed E-state index contributed by atoms with van der Waals surface area (Å²) in [4.78, 5) is 58.2. The highest BCUT2D eigenvalue weighted by Gasteiger charge is 2.21.